The lowest BCUT2D eigenvalue weighted by Crippen LogP contribution is -2.26. The number of hydrogen-bond donors (Lipinski definition) is 1. The van der Waals surface area contributed by atoms with Gasteiger partial charge in [0.25, 0.3) is 5.56 Å². The van der Waals surface area contributed by atoms with Gasteiger partial charge in [0, 0.05) is 35.8 Å². The van der Waals surface area contributed by atoms with Gasteiger partial charge in [-0.15, -0.1) is 0 Å². The lowest BCUT2D eigenvalue weighted by atomic mass is 10.1. The molecule has 0 bridgehead atoms. The summed E-state index contributed by atoms with van der Waals surface area (Å²) in [5.41, 5.74) is -0.757. The Kier molecular flexibility index (Phi) is 6.33. The Bertz CT molecular complexity index is 1200. The number of carbonyl (C=O) groups excluding carboxylic acids is 1. The molecule has 2 aromatic heterocycles. The van der Waals surface area contributed by atoms with E-state index in [9.17, 15) is 23.5 Å². The van der Waals surface area contributed by atoms with E-state index in [2.05, 4.69) is 0 Å². The number of carbonyl (C=O) groups is 1. The van der Waals surface area contributed by atoms with Crippen molar-refractivity contribution in [3.8, 4) is 11.4 Å². The van der Waals surface area contributed by atoms with Crippen LogP contribution in [-0.4, -0.2) is 25.7 Å². The van der Waals surface area contributed by atoms with E-state index >= 15 is 0 Å². The number of nitrogens with zero attached hydrogens (tertiary/aromatic N) is 2. The van der Waals surface area contributed by atoms with E-state index in [-0.39, 0.29) is 35.3 Å². The summed E-state index contributed by atoms with van der Waals surface area (Å²) >= 11 is 6.19. The molecule has 0 saturated heterocycles. The number of aliphatic hydroxyl groups is 1. The summed E-state index contributed by atoms with van der Waals surface area (Å²) in [6, 6.07) is 6.19. The minimum Gasteiger partial charge on any atom is -0.487 e. The second-order valence-electron chi connectivity index (χ2n) is 7.79. The summed E-state index contributed by atoms with van der Waals surface area (Å²) < 4.78 is 34.9. The number of hydrogen-bond acceptors (Lipinski definition) is 4. The maximum absolute atomic E-state index is 13.8. The molecule has 6 nitrogen and oxygen atoms in total. The second kappa shape index (κ2) is 8.64. The monoisotopic (exact) mass is 450 g/mol. The Labute approximate surface area is 182 Å². The van der Waals surface area contributed by atoms with Gasteiger partial charge >= 0.3 is 0 Å². The van der Waals surface area contributed by atoms with Crippen molar-refractivity contribution in [1.82, 2.24) is 9.13 Å². The molecule has 0 unspecified atom stereocenters. The molecule has 0 aliphatic rings. The molecule has 0 fully saturated rings. The fraction of sp³-hybridized carbons (Fsp3) is 0.273. The maximum Gasteiger partial charge on any atom is 0.277 e. The number of aryl methyl sites for hydroxylation is 1. The highest BCUT2D eigenvalue weighted by Gasteiger charge is 2.20. The summed E-state index contributed by atoms with van der Waals surface area (Å²) in [5, 5.41) is 9.61. The molecular weight excluding hydrogens is 430 g/mol. The van der Waals surface area contributed by atoms with Crippen LogP contribution in [0.25, 0.3) is 5.69 Å². The average molecular weight is 451 g/mol. The molecule has 2 heterocycles. The molecule has 1 N–H and O–H groups in total. The standard InChI is InChI=1S/C22H21ClF2N2O4/c1-13-8-18(31-12-14-4-5-15(24)9-17(14)25)20(23)21(29)27(13)16-6-7-26(11-16)19(28)10-22(2,3)30/h4-9,11,30H,10,12H2,1-3H3. The first-order valence-corrected chi connectivity index (χ1v) is 9.77. The zero-order valence-corrected chi connectivity index (χ0v) is 17.9. The minimum atomic E-state index is -1.17. The van der Waals surface area contributed by atoms with E-state index in [0.717, 1.165) is 12.1 Å². The van der Waals surface area contributed by atoms with Crippen LogP contribution in [0.15, 0.2) is 47.5 Å². The molecular formula is C22H21ClF2N2O4. The largest absolute Gasteiger partial charge is 0.487 e. The predicted octanol–water partition coefficient (Wildman–Crippen LogP) is 4.26. The highest BCUT2D eigenvalue weighted by molar-refractivity contribution is 6.31. The molecule has 164 valence electrons. The van der Waals surface area contributed by atoms with E-state index in [4.69, 9.17) is 16.3 Å². The van der Waals surface area contributed by atoms with Gasteiger partial charge in [0.05, 0.1) is 17.7 Å². The zero-order valence-electron chi connectivity index (χ0n) is 17.2. The molecule has 0 radical (unpaired) electrons. The van der Waals surface area contributed by atoms with Crippen LogP contribution >= 0.6 is 11.6 Å². The highest BCUT2D eigenvalue weighted by atomic mass is 35.5. The fourth-order valence-electron chi connectivity index (χ4n) is 3.04. The van der Waals surface area contributed by atoms with E-state index < -0.39 is 22.8 Å². The van der Waals surface area contributed by atoms with E-state index in [1.165, 1.54) is 47.5 Å². The van der Waals surface area contributed by atoms with E-state index in [1.807, 2.05) is 0 Å². The van der Waals surface area contributed by atoms with Crippen LogP contribution in [-0.2, 0) is 6.61 Å². The van der Waals surface area contributed by atoms with Crippen molar-refractivity contribution in [2.24, 2.45) is 0 Å². The summed E-state index contributed by atoms with van der Waals surface area (Å²) in [7, 11) is 0. The average Bonchev–Trinajstić information content (AvgIpc) is 3.13. The van der Waals surface area contributed by atoms with Crippen molar-refractivity contribution in [1.29, 1.82) is 0 Å². The topological polar surface area (TPSA) is 73.5 Å². The molecule has 9 heteroatoms. The van der Waals surface area contributed by atoms with Crippen molar-refractivity contribution in [2.45, 2.75) is 39.4 Å². The van der Waals surface area contributed by atoms with Gasteiger partial charge in [0.1, 0.15) is 29.0 Å². The van der Waals surface area contributed by atoms with E-state index in [0.29, 0.717) is 11.4 Å². The van der Waals surface area contributed by atoms with Gasteiger partial charge in [-0.1, -0.05) is 11.6 Å². The number of halogens is 3. The van der Waals surface area contributed by atoms with Gasteiger partial charge in [-0.2, -0.15) is 0 Å². The van der Waals surface area contributed by atoms with Crippen LogP contribution in [0, 0.1) is 18.6 Å². The molecule has 31 heavy (non-hydrogen) atoms. The van der Waals surface area contributed by atoms with Crippen LogP contribution in [0.4, 0.5) is 8.78 Å². The van der Waals surface area contributed by atoms with Crippen LogP contribution < -0.4 is 10.3 Å². The lowest BCUT2D eigenvalue weighted by Gasteiger charge is -2.16. The van der Waals surface area contributed by atoms with Gasteiger partial charge in [0.2, 0.25) is 5.91 Å². The Morgan fingerprint density at radius 3 is 2.58 bits per heavy atom. The lowest BCUT2D eigenvalue weighted by molar-refractivity contribution is 0.0530. The van der Waals surface area contributed by atoms with Crippen molar-refractivity contribution in [3.05, 3.63) is 81.0 Å². The number of rotatable bonds is 6. The highest BCUT2D eigenvalue weighted by Crippen LogP contribution is 2.25. The minimum absolute atomic E-state index is 0.0571. The number of pyridine rings is 1. The summed E-state index contributed by atoms with van der Waals surface area (Å²) in [4.78, 5) is 25.1. The summed E-state index contributed by atoms with van der Waals surface area (Å²) in [6.07, 6.45) is 2.86. The fourth-order valence-corrected chi connectivity index (χ4v) is 3.23. The van der Waals surface area contributed by atoms with Crippen LogP contribution in [0.3, 0.4) is 0 Å². The first-order valence-electron chi connectivity index (χ1n) is 9.39. The second-order valence-corrected chi connectivity index (χ2v) is 8.17. The van der Waals surface area contributed by atoms with Crippen molar-refractivity contribution >= 4 is 17.5 Å². The first-order chi connectivity index (χ1) is 14.5. The Hall–Kier alpha value is -2.97. The van der Waals surface area contributed by atoms with Gasteiger partial charge in [-0.3, -0.25) is 18.7 Å². The molecule has 0 amide bonds. The third-order valence-corrected chi connectivity index (χ3v) is 4.85. The number of aromatic nitrogens is 2. The molecule has 0 atom stereocenters. The Morgan fingerprint density at radius 1 is 1.23 bits per heavy atom. The third kappa shape index (κ3) is 5.21. The predicted molar refractivity (Wildman–Crippen MR) is 112 cm³/mol. The molecule has 0 aliphatic carbocycles. The molecule has 0 aliphatic heterocycles. The van der Waals surface area contributed by atoms with Crippen LogP contribution in [0.5, 0.6) is 5.75 Å². The molecule has 1 aromatic carbocycles. The molecule has 3 aromatic rings. The zero-order chi connectivity index (χ0) is 22.9. The molecule has 3 rings (SSSR count). The smallest absolute Gasteiger partial charge is 0.277 e. The third-order valence-electron chi connectivity index (χ3n) is 4.51. The van der Waals surface area contributed by atoms with Crippen LogP contribution in [0.1, 0.15) is 36.3 Å². The SMILES string of the molecule is Cc1cc(OCc2ccc(F)cc2F)c(Cl)c(=O)n1-c1ccn(C(=O)CC(C)(C)O)c1. The Morgan fingerprint density at radius 2 is 1.94 bits per heavy atom. The molecule has 0 spiro atoms. The van der Waals surface area contributed by atoms with Crippen molar-refractivity contribution in [2.75, 3.05) is 0 Å². The number of benzene rings is 1. The first kappa shape index (κ1) is 22.7. The normalized spacial score (nSPS) is 11.6. The van der Waals surface area contributed by atoms with Gasteiger partial charge < -0.3 is 9.84 Å². The van der Waals surface area contributed by atoms with Gasteiger partial charge in [-0.05, 0) is 39.0 Å². The maximum atomic E-state index is 13.8. The Balaban J connectivity index is 1.87. The van der Waals surface area contributed by atoms with Gasteiger partial charge in [-0.25, -0.2) is 8.78 Å². The summed E-state index contributed by atoms with van der Waals surface area (Å²) in [6.45, 7) is 4.47. The van der Waals surface area contributed by atoms with Gasteiger partial charge in [0.15, 0.2) is 0 Å². The van der Waals surface area contributed by atoms with Crippen molar-refractivity contribution < 1.29 is 23.4 Å². The van der Waals surface area contributed by atoms with Crippen molar-refractivity contribution in [3.63, 3.8) is 0 Å². The number of ether oxygens (including phenoxy) is 1. The molecule has 0 saturated carbocycles. The quantitative estimate of drug-likeness (QED) is 0.609. The van der Waals surface area contributed by atoms with Crippen LogP contribution in [0.2, 0.25) is 5.02 Å². The van der Waals surface area contributed by atoms with E-state index in [1.54, 1.807) is 13.0 Å². The summed E-state index contributed by atoms with van der Waals surface area (Å²) in [5.74, 6) is -1.75.